The molecular weight excluding hydrogens is 345 g/mol. The molecule has 2 aromatic rings. The van der Waals surface area contributed by atoms with Crippen LogP contribution in [0.5, 0.6) is 0 Å². The highest BCUT2D eigenvalue weighted by atomic mass is 35.5. The highest BCUT2D eigenvalue weighted by Crippen LogP contribution is 2.20. The van der Waals surface area contributed by atoms with Crippen molar-refractivity contribution >= 4 is 29.1 Å². The summed E-state index contributed by atoms with van der Waals surface area (Å²) in [5.41, 5.74) is 0.923. The summed E-state index contributed by atoms with van der Waals surface area (Å²) >= 11 is 5.70. The topological polar surface area (TPSA) is 62.3 Å². The van der Waals surface area contributed by atoms with Gasteiger partial charge in [-0.3, -0.25) is 14.6 Å². The van der Waals surface area contributed by atoms with Crippen LogP contribution in [0.15, 0.2) is 36.7 Å². The lowest BCUT2D eigenvalue weighted by molar-refractivity contribution is 0.0793. The Labute approximate surface area is 150 Å². The largest absolute Gasteiger partial charge is 0.342 e. The molecule has 1 aromatic carbocycles. The maximum absolute atomic E-state index is 13.2. The molecule has 2 amide bonds. The maximum atomic E-state index is 13.2. The molecule has 1 N–H and O–H groups in total. The Morgan fingerprint density at radius 1 is 1.24 bits per heavy atom. The standard InChI is InChI=1S/C18H19ClFN3O2/c1-3-4-7-23(2)18(25)13-8-12(10-21-11-13)17(24)22-14-5-6-16(20)15(19)9-14/h5-6,8-11H,3-4,7H2,1-2H3,(H,22,24). The van der Waals surface area contributed by atoms with Gasteiger partial charge in [0.25, 0.3) is 11.8 Å². The number of pyridine rings is 1. The van der Waals surface area contributed by atoms with Crippen molar-refractivity contribution in [3.63, 3.8) is 0 Å². The van der Waals surface area contributed by atoms with Crippen molar-refractivity contribution in [2.45, 2.75) is 19.8 Å². The van der Waals surface area contributed by atoms with Crippen molar-refractivity contribution < 1.29 is 14.0 Å². The molecule has 1 aromatic heterocycles. The number of amides is 2. The molecule has 0 aliphatic heterocycles. The number of unbranched alkanes of at least 4 members (excludes halogenated alkanes) is 1. The fraction of sp³-hybridized carbons (Fsp3) is 0.278. The molecule has 0 atom stereocenters. The summed E-state index contributed by atoms with van der Waals surface area (Å²) in [4.78, 5) is 30.2. The second-order valence-electron chi connectivity index (χ2n) is 5.63. The van der Waals surface area contributed by atoms with Gasteiger partial charge in [-0.25, -0.2) is 4.39 Å². The first-order valence-corrected chi connectivity index (χ1v) is 8.27. The third-order valence-electron chi connectivity index (χ3n) is 3.62. The van der Waals surface area contributed by atoms with Gasteiger partial charge in [-0.15, -0.1) is 0 Å². The minimum absolute atomic E-state index is 0.0857. The molecule has 7 heteroatoms. The van der Waals surface area contributed by atoms with Crippen LogP contribution < -0.4 is 5.32 Å². The minimum atomic E-state index is -0.566. The third-order valence-corrected chi connectivity index (χ3v) is 3.91. The second kappa shape index (κ2) is 8.58. The van der Waals surface area contributed by atoms with E-state index in [0.29, 0.717) is 17.8 Å². The normalized spacial score (nSPS) is 10.4. The van der Waals surface area contributed by atoms with E-state index in [1.807, 2.05) is 6.92 Å². The Balaban J connectivity index is 2.13. The SMILES string of the molecule is CCCCN(C)C(=O)c1cncc(C(=O)Nc2ccc(F)c(Cl)c2)c1. The maximum Gasteiger partial charge on any atom is 0.257 e. The Hall–Kier alpha value is -2.47. The fourth-order valence-corrected chi connectivity index (χ4v) is 2.36. The van der Waals surface area contributed by atoms with Crippen molar-refractivity contribution in [3.05, 3.63) is 58.6 Å². The van der Waals surface area contributed by atoms with Gasteiger partial charge in [0.15, 0.2) is 0 Å². The number of carbonyl (C=O) groups excluding carboxylic acids is 2. The Bertz CT molecular complexity index is 783. The number of halogens is 2. The van der Waals surface area contributed by atoms with Gasteiger partial charge in [-0.2, -0.15) is 0 Å². The van der Waals surface area contributed by atoms with Crippen molar-refractivity contribution in [1.29, 1.82) is 0 Å². The first-order chi connectivity index (χ1) is 11.9. The number of nitrogens with one attached hydrogen (secondary N) is 1. The van der Waals surface area contributed by atoms with E-state index in [-0.39, 0.29) is 16.5 Å². The van der Waals surface area contributed by atoms with Gasteiger partial charge in [0.1, 0.15) is 5.82 Å². The van der Waals surface area contributed by atoms with Crippen LogP contribution in [-0.4, -0.2) is 35.3 Å². The van der Waals surface area contributed by atoms with Crippen molar-refractivity contribution in [2.75, 3.05) is 18.9 Å². The molecule has 0 fully saturated rings. The van der Waals surface area contributed by atoms with Crippen LogP contribution >= 0.6 is 11.6 Å². The van der Waals surface area contributed by atoms with Crippen LogP contribution in [0.1, 0.15) is 40.5 Å². The van der Waals surface area contributed by atoms with Gasteiger partial charge in [0.05, 0.1) is 16.1 Å². The number of aromatic nitrogens is 1. The molecule has 0 aliphatic rings. The number of nitrogens with zero attached hydrogens (tertiary/aromatic N) is 2. The average molecular weight is 364 g/mol. The van der Waals surface area contributed by atoms with E-state index in [1.165, 1.54) is 36.7 Å². The quantitative estimate of drug-likeness (QED) is 0.843. The van der Waals surface area contributed by atoms with Crippen molar-refractivity contribution in [3.8, 4) is 0 Å². The Kier molecular flexibility index (Phi) is 6.47. The van der Waals surface area contributed by atoms with Gasteiger partial charge in [0.2, 0.25) is 0 Å². The highest BCUT2D eigenvalue weighted by Gasteiger charge is 2.15. The summed E-state index contributed by atoms with van der Waals surface area (Å²) in [7, 11) is 1.71. The van der Waals surface area contributed by atoms with Gasteiger partial charge in [-0.1, -0.05) is 24.9 Å². The smallest absolute Gasteiger partial charge is 0.257 e. The van der Waals surface area contributed by atoms with E-state index in [1.54, 1.807) is 11.9 Å². The summed E-state index contributed by atoms with van der Waals surface area (Å²) < 4.78 is 13.2. The molecule has 0 radical (unpaired) electrons. The highest BCUT2D eigenvalue weighted by molar-refractivity contribution is 6.31. The van der Waals surface area contributed by atoms with Gasteiger partial charge in [0, 0.05) is 31.7 Å². The number of anilines is 1. The fourth-order valence-electron chi connectivity index (χ4n) is 2.18. The predicted molar refractivity (Wildman–Crippen MR) is 95.5 cm³/mol. The summed E-state index contributed by atoms with van der Waals surface area (Å²) in [6, 6.07) is 5.37. The Morgan fingerprint density at radius 2 is 1.96 bits per heavy atom. The molecule has 25 heavy (non-hydrogen) atoms. The number of carbonyl (C=O) groups is 2. The van der Waals surface area contributed by atoms with E-state index < -0.39 is 11.7 Å². The molecule has 1 heterocycles. The minimum Gasteiger partial charge on any atom is -0.342 e. The molecule has 132 valence electrons. The average Bonchev–Trinajstić information content (AvgIpc) is 2.62. The van der Waals surface area contributed by atoms with E-state index >= 15 is 0 Å². The lowest BCUT2D eigenvalue weighted by atomic mass is 10.1. The molecule has 2 rings (SSSR count). The van der Waals surface area contributed by atoms with Gasteiger partial charge >= 0.3 is 0 Å². The number of hydrogen-bond acceptors (Lipinski definition) is 3. The van der Waals surface area contributed by atoms with Crippen molar-refractivity contribution in [2.24, 2.45) is 0 Å². The zero-order valence-electron chi connectivity index (χ0n) is 14.1. The summed E-state index contributed by atoms with van der Waals surface area (Å²) in [5, 5.41) is 2.52. The predicted octanol–water partition coefficient (Wildman–Crippen LogP) is 4.00. The molecule has 0 aliphatic carbocycles. The molecule has 5 nitrogen and oxygen atoms in total. The first kappa shape index (κ1) is 18.9. The molecule has 0 saturated carbocycles. The van der Waals surface area contributed by atoms with Crippen molar-refractivity contribution in [1.82, 2.24) is 9.88 Å². The van der Waals surface area contributed by atoms with Crippen LogP contribution in [0, 0.1) is 5.82 Å². The summed E-state index contributed by atoms with van der Waals surface area (Å²) in [6.45, 7) is 2.69. The van der Waals surface area contributed by atoms with Crippen LogP contribution in [0.3, 0.4) is 0 Å². The van der Waals surface area contributed by atoms with E-state index in [0.717, 1.165) is 12.8 Å². The lowest BCUT2D eigenvalue weighted by Crippen LogP contribution is -2.28. The summed E-state index contributed by atoms with van der Waals surface area (Å²) in [6.07, 6.45) is 4.68. The molecule has 0 unspecified atom stereocenters. The zero-order chi connectivity index (χ0) is 18.4. The molecule has 0 spiro atoms. The van der Waals surface area contributed by atoms with Crippen LogP contribution in [0.25, 0.3) is 0 Å². The van der Waals surface area contributed by atoms with E-state index in [2.05, 4.69) is 10.3 Å². The lowest BCUT2D eigenvalue weighted by Gasteiger charge is -2.16. The molecule has 0 bridgehead atoms. The van der Waals surface area contributed by atoms with E-state index in [9.17, 15) is 14.0 Å². The van der Waals surface area contributed by atoms with E-state index in [4.69, 9.17) is 11.6 Å². The second-order valence-corrected chi connectivity index (χ2v) is 6.03. The summed E-state index contributed by atoms with van der Waals surface area (Å²) in [5.74, 6) is -1.22. The first-order valence-electron chi connectivity index (χ1n) is 7.89. The number of benzene rings is 1. The third kappa shape index (κ3) is 5.00. The van der Waals surface area contributed by atoms with Crippen LogP contribution in [-0.2, 0) is 0 Å². The van der Waals surface area contributed by atoms with Gasteiger partial charge in [-0.05, 0) is 30.7 Å². The Morgan fingerprint density at radius 3 is 2.64 bits per heavy atom. The number of hydrogen-bond donors (Lipinski definition) is 1. The monoisotopic (exact) mass is 363 g/mol. The molecule has 0 saturated heterocycles. The van der Waals surface area contributed by atoms with Crippen LogP contribution in [0.2, 0.25) is 5.02 Å². The van der Waals surface area contributed by atoms with Crippen LogP contribution in [0.4, 0.5) is 10.1 Å². The van der Waals surface area contributed by atoms with Gasteiger partial charge < -0.3 is 10.2 Å². The number of rotatable bonds is 6. The zero-order valence-corrected chi connectivity index (χ0v) is 14.8. The molecular formula is C18H19ClFN3O2.